The van der Waals surface area contributed by atoms with Crippen molar-refractivity contribution in [3.8, 4) is 22.6 Å². The molecule has 0 fully saturated rings. The molecule has 3 N–H and O–H groups in total. The predicted octanol–water partition coefficient (Wildman–Crippen LogP) is 7.90. The Kier molecular flexibility index (Phi) is 7.29. The quantitative estimate of drug-likeness (QED) is 0.0936. The van der Waals surface area contributed by atoms with E-state index in [0.717, 1.165) is 17.0 Å². The van der Waals surface area contributed by atoms with E-state index >= 15 is 0 Å². The van der Waals surface area contributed by atoms with Gasteiger partial charge in [0.05, 0.1) is 16.9 Å². The van der Waals surface area contributed by atoms with E-state index in [1.54, 1.807) is 50.2 Å². The molecule has 5 rings (SSSR count). The van der Waals surface area contributed by atoms with Crippen molar-refractivity contribution >= 4 is 46.4 Å². The molecule has 1 aliphatic heterocycles. The number of hydrogen-bond acceptors (Lipinski definition) is 6. The molecule has 1 aliphatic rings. The largest absolute Gasteiger partial charge is 0.511 e. The molecule has 1 heterocycles. The van der Waals surface area contributed by atoms with Gasteiger partial charge in [-0.3, -0.25) is 15.1 Å². The Hall–Kier alpha value is -5.03. The second-order valence-electron chi connectivity index (χ2n) is 9.43. The number of hydrogen-bond donors (Lipinski definition) is 3. The number of aromatic hydroxyl groups is 1. The number of alkyl halides is 3. The van der Waals surface area contributed by atoms with E-state index in [4.69, 9.17) is 16.7 Å². The molecule has 0 saturated heterocycles. The van der Waals surface area contributed by atoms with E-state index in [2.05, 4.69) is 15.3 Å². The lowest BCUT2D eigenvalue weighted by Crippen LogP contribution is -2.26. The zero-order chi connectivity index (χ0) is 30.3. The first-order valence-electron chi connectivity index (χ1n) is 12.3. The van der Waals surface area contributed by atoms with E-state index in [0.29, 0.717) is 33.0 Å². The van der Waals surface area contributed by atoms with E-state index in [1.165, 1.54) is 24.3 Å². The number of rotatable bonds is 5. The fourth-order valence-electron chi connectivity index (χ4n) is 4.65. The zero-order valence-corrected chi connectivity index (χ0v) is 22.7. The fraction of sp³-hybridized carbons (Fsp3) is 0.100. The molecule has 1 amide bonds. The second-order valence-corrected chi connectivity index (χ2v) is 9.81. The van der Waals surface area contributed by atoms with Crippen molar-refractivity contribution in [2.75, 3.05) is 10.3 Å². The van der Waals surface area contributed by atoms with Crippen LogP contribution >= 0.6 is 11.6 Å². The molecular weight excluding hydrogens is 575 g/mol. The van der Waals surface area contributed by atoms with Gasteiger partial charge >= 0.3 is 12.3 Å². The van der Waals surface area contributed by atoms with Crippen molar-refractivity contribution < 1.29 is 37.7 Å². The SMILES string of the molecule is Cc1cc(N2C(=O)C(=NNc3cccc(-c4cccc(OC(=O)O)c4)c3O)c3ccc(C(F)(F)F)cc32)cc(C)c1Cl. The first kappa shape index (κ1) is 28.5. The van der Waals surface area contributed by atoms with Gasteiger partial charge in [0, 0.05) is 21.8 Å². The molecule has 214 valence electrons. The van der Waals surface area contributed by atoms with Crippen LogP contribution in [0.25, 0.3) is 11.1 Å². The number of benzene rings is 4. The van der Waals surface area contributed by atoms with Crippen LogP contribution in [0.1, 0.15) is 22.3 Å². The van der Waals surface area contributed by atoms with Crippen LogP contribution in [-0.2, 0) is 11.0 Å². The summed E-state index contributed by atoms with van der Waals surface area (Å²) < 4.78 is 45.5. The summed E-state index contributed by atoms with van der Waals surface area (Å²) in [5, 5.41) is 24.5. The molecule has 0 bridgehead atoms. The lowest BCUT2D eigenvalue weighted by molar-refractivity contribution is -0.137. The highest BCUT2D eigenvalue weighted by Crippen LogP contribution is 2.42. The molecule has 4 aromatic carbocycles. The highest BCUT2D eigenvalue weighted by atomic mass is 35.5. The summed E-state index contributed by atoms with van der Waals surface area (Å²) in [5.74, 6) is -0.919. The van der Waals surface area contributed by atoms with Gasteiger partial charge in [-0.2, -0.15) is 18.3 Å². The topological polar surface area (TPSA) is 111 Å². The van der Waals surface area contributed by atoms with Crippen LogP contribution in [0.5, 0.6) is 11.5 Å². The lowest BCUT2D eigenvalue weighted by Gasteiger charge is -2.20. The first-order valence-corrected chi connectivity index (χ1v) is 12.7. The Morgan fingerprint density at radius 2 is 1.67 bits per heavy atom. The van der Waals surface area contributed by atoms with Gasteiger partial charge in [0.15, 0.2) is 5.71 Å². The third-order valence-corrected chi connectivity index (χ3v) is 7.18. The minimum absolute atomic E-state index is 0.00952. The van der Waals surface area contributed by atoms with Crippen molar-refractivity contribution in [2.24, 2.45) is 5.10 Å². The number of ether oxygens (including phenoxy) is 1. The van der Waals surface area contributed by atoms with Crippen LogP contribution in [0.3, 0.4) is 0 Å². The molecular formula is C30H21ClF3N3O5. The van der Waals surface area contributed by atoms with Crippen LogP contribution in [0.15, 0.2) is 77.9 Å². The Bertz CT molecular complexity index is 1770. The van der Waals surface area contributed by atoms with Crippen molar-refractivity contribution in [2.45, 2.75) is 20.0 Å². The predicted molar refractivity (Wildman–Crippen MR) is 152 cm³/mol. The van der Waals surface area contributed by atoms with Crippen LogP contribution in [0, 0.1) is 13.8 Å². The molecule has 0 spiro atoms. The number of phenols is 1. The Balaban J connectivity index is 1.56. The summed E-state index contributed by atoms with van der Waals surface area (Å²) in [6, 6.07) is 16.8. The molecule has 4 aromatic rings. The summed E-state index contributed by atoms with van der Waals surface area (Å²) in [6.07, 6.45) is -6.14. The fourth-order valence-corrected chi connectivity index (χ4v) is 4.76. The number of carboxylic acid groups (broad SMARTS) is 1. The summed E-state index contributed by atoms with van der Waals surface area (Å²) >= 11 is 6.28. The number of nitrogens with zero attached hydrogens (tertiary/aromatic N) is 2. The Morgan fingerprint density at radius 3 is 2.33 bits per heavy atom. The van der Waals surface area contributed by atoms with Crippen LogP contribution in [-0.4, -0.2) is 28.0 Å². The lowest BCUT2D eigenvalue weighted by atomic mass is 10.0. The smallest absolute Gasteiger partial charge is 0.505 e. The van der Waals surface area contributed by atoms with Crippen molar-refractivity contribution in [3.05, 3.63) is 100 Å². The van der Waals surface area contributed by atoms with Crippen LogP contribution in [0.4, 0.5) is 35.0 Å². The van der Waals surface area contributed by atoms with E-state index in [1.807, 2.05) is 0 Å². The van der Waals surface area contributed by atoms with Crippen LogP contribution in [0.2, 0.25) is 5.02 Å². The third-order valence-electron chi connectivity index (χ3n) is 6.58. The van der Waals surface area contributed by atoms with Crippen LogP contribution < -0.4 is 15.1 Å². The first-order chi connectivity index (χ1) is 19.8. The highest BCUT2D eigenvalue weighted by molar-refractivity contribution is 6.55. The molecule has 0 saturated carbocycles. The van der Waals surface area contributed by atoms with E-state index < -0.39 is 23.8 Å². The number of para-hydroxylation sites is 1. The number of carbonyl (C=O) groups excluding carboxylic acids is 1. The minimum Gasteiger partial charge on any atom is -0.505 e. The average Bonchev–Trinajstić information content (AvgIpc) is 3.20. The number of carbonyl (C=O) groups is 2. The molecule has 0 atom stereocenters. The molecule has 0 aromatic heterocycles. The van der Waals surface area contributed by atoms with Gasteiger partial charge in [-0.05, 0) is 79.1 Å². The van der Waals surface area contributed by atoms with Gasteiger partial charge in [-0.1, -0.05) is 35.9 Å². The molecule has 0 unspecified atom stereocenters. The number of fused-ring (bicyclic) bond motifs is 1. The maximum atomic E-state index is 13.7. The molecule has 0 radical (unpaired) electrons. The van der Waals surface area contributed by atoms with Crippen molar-refractivity contribution in [1.82, 2.24) is 0 Å². The molecule has 42 heavy (non-hydrogen) atoms. The summed E-state index contributed by atoms with van der Waals surface area (Å²) in [5.41, 5.74) is 4.10. The molecule has 12 heteroatoms. The standard InChI is InChI=1S/C30H21ClF3N3O5/c1-15-11-19(12-16(2)25(15)31)37-24-14-18(30(32,33)34)9-10-22(24)26(28(37)39)36-35-23-8-4-7-21(27(23)38)17-5-3-6-20(13-17)42-29(40)41/h3-14,35,38H,1-2H3,(H,40,41). The van der Waals surface area contributed by atoms with Crippen molar-refractivity contribution in [3.63, 3.8) is 0 Å². The Morgan fingerprint density at radius 1 is 0.976 bits per heavy atom. The van der Waals surface area contributed by atoms with E-state index in [9.17, 15) is 27.9 Å². The van der Waals surface area contributed by atoms with Gasteiger partial charge in [0.1, 0.15) is 11.5 Å². The number of amides is 1. The normalized spacial score (nSPS) is 13.8. The number of phenolic OH excluding ortho intramolecular Hbond substituents is 1. The maximum absolute atomic E-state index is 13.7. The molecule has 0 aliphatic carbocycles. The summed E-state index contributed by atoms with van der Waals surface area (Å²) in [6.45, 7) is 3.45. The van der Waals surface area contributed by atoms with E-state index in [-0.39, 0.29) is 34.1 Å². The van der Waals surface area contributed by atoms with Gasteiger partial charge in [0.25, 0.3) is 5.91 Å². The number of aryl methyl sites for hydroxylation is 2. The summed E-state index contributed by atoms with van der Waals surface area (Å²) in [4.78, 5) is 25.7. The summed E-state index contributed by atoms with van der Waals surface area (Å²) in [7, 11) is 0. The number of anilines is 3. The minimum atomic E-state index is -4.65. The van der Waals surface area contributed by atoms with Crippen molar-refractivity contribution in [1.29, 1.82) is 0 Å². The maximum Gasteiger partial charge on any atom is 0.511 e. The second kappa shape index (κ2) is 10.7. The van der Waals surface area contributed by atoms with Gasteiger partial charge in [-0.15, -0.1) is 0 Å². The molecule has 8 nitrogen and oxygen atoms in total. The van der Waals surface area contributed by atoms with Gasteiger partial charge in [-0.25, -0.2) is 4.79 Å². The number of hydrazone groups is 1. The number of nitrogens with one attached hydrogen (secondary N) is 1. The third kappa shape index (κ3) is 5.34. The zero-order valence-electron chi connectivity index (χ0n) is 22.0. The Labute approximate surface area is 242 Å². The highest BCUT2D eigenvalue weighted by Gasteiger charge is 2.39. The van der Waals surface area contributed by atoms with Gasteiger partial charge in [0.2, 0.25) is 0 Å². The monoisotopic (exact) mass is 595 g/mol. The van der Waals surface area contributed by atoms with Gasteiger partial charge < -0.3 is 14.9 Å². The number of halogens is 4. The average molecular weight is 596 g/mol.